The van der Waals surface area contributed by atoms with Crippen LogP contribution in [0.4, 0.5) is 11.4 Å². The minimum Gasteiger partial charge on any atom is -0.490 e. The zero-order valence-corrected chi connectivity index (χ0v) is 18.7. The molecule has 1 aliphatic rings. The van der Waals surface area contributed by atoms with E-state index in [1.165, 1.54) is 18.5 Å². The molecule has 0 saturated carbocycles. The van der Waals surface area contributed by atoms with E-state index in [2.05, 4.69) is 14.6 Å². The van der Waals surface area contributed by atoms with E-state index in [1.807, 2.05) is 25.2 Å². The fourth-order valence-corrected chi connectivity index (χ4v) is 4.87. The van der Waals surface area contributed by atoms with Gasteiger partial charge < -0.3 is 14.4 Å². The second kappa shape index (κ2) is 8.64. The predicted molar refractivity (Wildman–Crippen MR) is 121 cm³/mol. The highest BCUT2D eigenvalue weighted by Crippen LogP contribution is 2.33. The van der Waals surface area contributed by atoms with Crippen LogP contribution in [0.3, 0.4) is 0 Å². The van der Waals surface area contributed by atoms with Gasteiger partial charge in [-0.25, -0.2) is 8.42 Å². The largest absolute Gasteiger partial charge is 0.490 e. The molecule has 1 N–H and O–H groups in total. The molecule has 4 rings (SSSR count). The number of aromatic nitrogens is 1. The van der Waals surface area contributed by atoms with Crippen molar-refractivity contribution >= 4 is 33.0 Å². The number of pyridine rings is 1. The van der Waals surface area contributed by atoms with E-state index in [0.717, 1.165) is 23.5 Å². The monoisotopic (exact) mass is 459 g/mol. The van der Waals surface area contributed by atoms with Crippen LogP contribution in [0.1, 0.15) is 11.1 Å². The number of rotatable bonds is 6. The maximum Gasteiger partial charge on any atom is 0.262 e. The SMILES string of the molecule is Cc1c(Cl)cccc1S(=O)(=O)Nc1ccncc1OCc1ccc2c(c1)N(C)CCO2. The molecule has 0 fully saturated rings. The maximum absolute atomic E-state index is 12.9. The summed E-state index contributed by atoms with van der Waals surface area (Å²) in [6, 6.07) is 12.2. The van der Waals surface area contributed by atoms with E-state index in [9.17, 15) is 8.42 Å². The molecule has 1 aliphatic heterocycles. The molecule has 0 amide bonds. The van der Waals surface area contributed by atoms with Crippen LogP contribution in [-0.2, 0) is 16.6 Å². The molecular weight excluding hydrogens is 438 g/mol. The zero-order chi connectivity index (χ0) is 22.0. The Morgan fingerprint density at radius 1 is 1.26 bits per heavy atom. The van der Waals surface area contributed by atoms with Crippen molar-refractivity contribution in [1.82, 2.24) is 4.98 Å². The lowest BCUT2D eigenvalue weighted by molar-refractivity contribution is 0.302. The molecular formula is C22H22ClN3O4S. The summed E-state index contributed by atoms with van der Waals surface area (Å²) in [5, 5.41) is 0.385. The van der Waals surface area contributed by atoms with Gasteiger partial charge in [-0.15, -0.1) is 0 Å². The quantitative estimate of drug-likeness (QED) is 0.593. The Balaban J connectivity index is 1.54. The van der Waals surface area contributed by atoms with Crippen molar-refractivity contribution in [2.75, 3.05) is 29.8 Å². The summed E-state index contributed by atoms with van der Waals surface area (Å²) in [6.45, 7) is 3.38. The Morgan fingerprint density at radius 2 is 2.10 bits per heavy atom. The number of nitrogens with one attached hydrogen (secondary N) is 1. The highest BCUT2D eigenvalue weighted by Gasteiger charge is 2.20. The lowest BCUT2D eigenvalue weighted by atomic mass is 10.1. The number of nitrogens with zero attached hydrogens (tertiary/aromatic N) is 2. The van der Waals surface area contributed by atoms with Gasteiger partial charge in [0, 0.05) is 18.3 Å². The van der Waals surface area contributed by atoms with Crippen molar-refractivity contribution in [2.24, 2.45) is 0 Å². The average molecular weight is 460 g/mol. The third kappa shape index (κ3) is 4.55. The number of hydrogen-bond donors (Lipinski definition) is 1. The lowest BCUT2D eigenvalue weighted by Gasteiger charge is -2.28. The van der Waals surface area contributed by atoms with Crippen LogP contribution in [0, 0.1) is 6.92 Å². The Hall–Kier alpha value is -2.97. The van der Waals surface area contributed by atoms with Crippen molar-refractivity contribution in [3.8, 4) is 11.5 Å². The van der Waals surface area contributed by atoms with Crippen LogP contribution in [0.15, 0.2) is 59.8 Å². The van der Waals surface area contributed by atoms with Crippen LogP contribution in [0.5, 0.6) is 11.5 Å². The topological polar surface area (TPSA) is 80.8 Å². The third-order valence-corrected chi connectivity index (χ3v) is 6.97. The van der Waals surface area contributed by atoms with Crippen molar-refractivity contribution in [2.45, 2.75) is 18.4 Å². The minimum absolute atomic E-state index is 0.112. The number of likely N-dealkylation sites (N-methyl/N-ethyl adjacent to an activating group) is 1. The van der Waals surface area contributed by atoms with E-state index in [-0.39, 0.29) is 11.5 Å². The first-order valence-electron chi connectivity index (χ1n) is 9.67. The first kappa shape index (κ1) is 21.3. The van der Waals surface area contributed by atoms with E-state index >= 15 is 0 Å². The van der Waals surface area contributed by atoms with Gasteiger partial charge in [-0.2, -0.15) is 0 Å². The molecule has 3 aromatic rings. The number of halogens is 1. The van der Waals surface area contributed by atoms with Crippen molar-refractivity contribution in [3.05, 3.63) is 71.0 Å². The highest BCUT2D eigenvalue weighted by atomic mass is 35.5. The fraction of sp³-hybridized carbons (Fsp3) is 0.227. The summed E-state index contributed by atoms with van der Waals surface area (Å²) < 4.78 is 40.0. The van der Waals surface area contributed by atoms with Gasteiger partial charge in [0.2, 0.25) is 0 Å². The van der Waals surface area contributed by atoms with E-state index < -0.39 is 10.0 Å². The Labute approximate surface area is 186 Å². The number of sulfonamides is 1. The highest BCUT2D eigenvalue weighted by molar-refractivity contribution is 7.92. The van der Waals surface area contributed by atoms with Crippen molar-refractivity contribution < 1.29 is 17.9 Å². The molecule has 7 nitrogen and oxygen atoms in total. The van der Waals surface area contributed by atoms with Crippen LogP contribution in [-0.4, -0.2) is 33.6 Å². The molecule has 1 aromatic heterocycles. The van der Waals surface area contributed by atoms with E-state index in [1.54, 1.807) is 25.1 Å². The van der Waals surface area contributed by atoms with Gasteiger partial charge in [0.05, 0.1) is 29.0 Å². The predicted octanol–water partition coefficient (Wildman–Crippen LogP) is 4.25. The summed E-state index contributed by atoms with van der Waals surface area (Å²) in [5.74, 6) is 1.16. The number of fused-ring (bicyclic) bond motifs is 1. The smallest absolute Gasteiger partial charge is 0.262 e. The summed E-state index contributed by atoms with van der Waals surface area (Å²) in [5.41, 5.74) is 2.71. The zero-order valence-electron chi connectivity index (χ0n) is 17.1. The van der Waals surface area contributed by atoms with E-state index in [4.69, 9.17) is 21.1 Å². The molecule has 0 bridgehead atoms. The Morgan fingerprint density at radius 3 is 2.94 bits per heavy atom. The van der Waals surface area contributed by atoms with Gasteiger partial charge in [0.15, 0.2) is 5.75 Å². The van der Waals surface area contributed by atoms with Gasteiger partial charge in [0.25, 0.3) is 10.0 Å². The van der Waals surface area contributed by atoms with Crippen molar-refractivity contribution in [3.63, 3.8) is 0 Å². The Kier molecular flexibility index (Phi) is 5.93. The van der Waals surface area contributed by atoms with Crippen LogP contribution in [0.2, 0.25) is 5.02 Å². The molecule has 0 atom stereocenters. The summed E-state index contributed by atoms with van der Waals surface area (Å²) in [6.07, 6.45) is 2.98. The molecule has 162 valence electrons. The molecule has 0 radical (unpaired) electrons. The first-order chi connectivity index (χ1) is 14.8. The molecule has 31 heavy (non-hydrogen) atoms. The first-order valence-corrected chi connectivity index (χ1v) is 11.5. The molecule has 9 heteroatoms. The van der Waals surface area contributed by atoms with Gasteiger partial charge >= 0.3 is 0 Å². The summed E-state index contributed by atoms with van der Waals surface area (Å²) in [4.78, 5) is 6.30. The van der Waals surface area contributed by atoms with E-state index in [0.29, 0.717) is 28.6 Å². The van der Waals surface area contributed by atoms with Gasteiger partial charge in [-0.3, -0.25) is 9.71 Å². The number of benzene rings is 2. The minimum atomic E-state index is -3.86. The van der Waals surface area contributed by atoms with Gasteiger partial charge in [-0.1, -0.05) is 23.7 Å². The normalized spacial score (nSPS) is 13.3. The van der Waals surface area contributed by atoms with Gasteiger partial charge in [0.1, 0.15) is 19.0 Å². The van der Waals surface area contributed by atoms with Crippen LogP contribution >= 0.6 is 11.6 Å². The summed E-state index contributed by atoms with van der Waals surface area (Å²) in [7, 11) is -1.85. The van der Waals surface area contributed by atoms with Crippen LogP contribution < -0.4 is 19.1 Å². The molecule has 0 aliphatic carbocycles. The molecule has 0 saturated heterocycles. The number of anilines is 2. The standard InChI is InChI=1S/C22H22ClN3O4S/c1-15-17(23)4-3-5-22(15)31(27,28)25-18-8-9-24-13-21(18)30-14-16-6-7-20-19(12-16)26(2)10-11-29-20/h3-9,12-13H,10-11,14H2,1-2H3,(H,24,25). The number of hydrogen-bond acceptors (Lipinski definition) is 6. The fourth-order valence-electron chi connectivity index (χ4n) is 3.31. The number of ether oxygens (including phenoxy) is 2. The molecule has 2 aromatic carbocycles. The third-order valence-electron chi connectivity index (χ3n) is 5.05. The van der Waals surface area contributed by atoms with Crippen molar-refractivity contribution in [1.29, 1.82) is 0 Å². The average Bonchev–Trinajstić information content (AvgIpc) is 2.75. The van der Waals surface area contributed by atoms with Gasteiger partial charge in [-0.05, 0) is 48.4 Å². The Bertz CT molecular complexity index is 1220. The molecule has 0 spiro atoms. The summed E-state index contributed by atoms with van der Waals surface area (Å²) >= 11 is 6.09. The second-order valence-corrected chi connectivity index (χ2v) is 9.26. The maximum atomic E-state index is 12.9. The molecule has 2 heterocycles. The lowest BCUT2D eigenvalue weighted by Crippen LogP contribution is -2.28. The molecule has 0 unspecified atom stereocenters. The second-order valence-electron chi connectivity index (χ2n) is 7.20. The van der Waals surface area contributed by atoms with Crippen LogP contribution in [0.25, 0.3) is 0 Å².